The van der Waals surface area contributed by atoms with Gasteiger partial charge >= 0.3 is 0 Å². The number of rotatable bonds is 26. The van der Waals surface area contributed by atoms with Crippen molar-refractivity contribution in [1.29, 1.82) is 0 Å². The highest BCUT2D eigenvalue weighted by atomic mass is 28.3. The monoisotopic (exact) mass is 464 g/mol. The molecule has 0 atom stereocenters. The molecule has 0 aromatic carbocycles. The summed E-state index contributed by atoms with van der Waals surface area (Å²) in [6.45, 7) is 9.65. The summed E-state index contributed by atoms with van der Waals surface area (Å²) < 4.78 is 0. The lowest BCUT2D eigenvalue weighted by Crippen LogP contribution is -2.27. The minimum atomic E-state index is -1.17. The van der Waals surface area contributed by atoms with Crippen molar-refractivity contribution < 1.29 is 0 Å². The lowest BCUT2D eigenvalue weighted by atomic mass is 10.1. The minimum Gasteiger partial charge on any atom is -0.0984 e. The summed E-state index contributed by atoms with van der Waals surface area (Å²) in [5.41, 5.74) is 2.78. The van der Waals surface area contributed by atoms with Gasteiger partial charge in [-0.05, 0) is 12.8 Å². The number of allylic oxidation sites excluding steroid dienone is 1. The summed E-state index contributed by atoms with van der Waals surface area (Å²) in [5, 5.41) is 0. The van der Waals surface area contributed by atoms with Gasteiger partial charge in [0.1, 0.15) is 0 Å². The van der Waals surface area contributed by atoms with Crippen LogP contribution in [0.3, 0.4) is 0 Å². The quantitative estimate of drug-likeness (QED) is 0.0881. The van der Waals surface area contributed by atoms with Gasteiger partial charge in [-0.25, -0.2) is 0 Å². The van der Waals surface area contributed by atoms with E-state index in [1.807, 2.05) is 0 Å². The molecule has 0 radical (unpaired) electrons. The topological polar surface area (TPSA) is 0 Å². The van der Waals surface area contributed by atoms with Gasteiger partial charge in [-0.15, -0.1) is 0 Å². The van der Waals surface area contributed by atoms with Crippen molar-refractivity contribution in [1.82, 2.24) is 0 Å². The van der Waals surface area contributed by atoms with E-state index in [1.54, 1.807) is 12.1 Å². The highest BCUT2D eigenvalue weighted by Gasteiger charge is 2.22. The second-order valence-electron chi connectivity index (χ2n) is 11.1. The highest BCUT2D eigenvalue weighted by Crippen LogP contribution is 2.26. The Kier molecular flexibility index (Phi) is 25.5. The van der Waals surface area contributed by atoms with Gasteiger partial charge in [0.25, 0.3) is 0 Å². The smallest absolute Gasteiger partial charge is 0.0743 e. The van der Waals surface area contributed by atoms with E-state index in [4.69, 9.17) is 0 Å². The Bertz CT molecular complexity index is 353. The largest absolute Gasteiger partial charge is 0.0984 e. The highest BCUT2D eigenvalue weighted by molar-refractivity contribution is 6.83. The van der Waals surface area contributed by atoms with E-state index < -0.39 is 8.07 Å². The molecule has 0 unspecified atom stereocenters. The molecule has 0 nitrogen and oxygen atoms in total. The Morgan fingerprint density at radius 1 is 0.406 bits per heavy atom. The summed E-state index contributed by atoms with van der Waals surface area (Å²) in [5.74, 6) is 0. The fraction of sp³-hybridized carbons (Fsp3) is 0.935. The van der Waals surface area contributed by atoms with Gasteiger partial charge in [0.15, 0.2) is 0 Å². The van der Waals surface area contributed by atoms with Gasteiger partial charge in [-0.1, -0.05) is 186 Å². The van der Waals surface area contributed by atoms with E-state index in [9.17, 15) is 0 Å². The molecule has 0 rings (SSSR count). The van der Waals surface area contributed by atoms with Crippen LogP contribution in [0.15, 0.2) is 11.8 Å². The maximum atomic E-state index is 2.78. The van der Waals surface area contributed by atoms with Crippen LogP contribution in [0.1, 0.15) is 168 Å². The van der Waals surface area contributed by atoms with E-state index in [-0.39, 0.29) is 0 Å². The van der Waals surface area contributed by atoms with Crippen LogP contribution in [0, 0.1) is 0 Å². The van der Waals surface area contributed by atoms with E-state index >= 15 is 0 Å². The van der Waals surface area contributed by atoms with Crippen LogP contribution in [-0.4, -0.2) is 8.07 Å². The molecule has 0 N–H and O–H groups in total. The van der Waals surface area contributed by atoms with Gasteiger partial charge in [-0.2, -0.15) is 0 Å². The minimum absolute atomic E-state index is 1.17. The Balaban J connectivity index is 4.16. The molecule has 0 bridgehead atoms. The van der Waals surface area contributed by atoms with Crippen LogP contribution in [0.2, 0.25) is 18.6 Å². The molecule has 0 aliphatic heterocycles. The molecule has 0 spiro atoms. The zero-order chi connectivity index (χ0) is 23.6. The predicted molar refractivity (Wildman–Crippen MR) is 154 cm³/mol. The average molecular weight is 465 g/mol. The van der Waals surface area contributed by atoms with Crippen LogP contribution in [0.5, 0.6) is 0 Å². The first-order chi connectivity index (χ1) is 15.7. The molecule has 0 aliphatic rings. The first kappa shape index (κ1) is 32.0. The summed E-state index contributed by atoms with van der Waals surface area (Å²) >= 11 is 0. The molecule has 0 amide bonds. The fourth-order valence-corrected chi connectivity index (χ4v) is 8.46. The Labute approximate surface area is 206 Å². The van der Waals surface area contributed by atoms with Crippen molar-refractivity contribution >= 4 is 8.07 Å². The summed E-state index contributed by atoms with van der Waals surface area (Å²) in [7, 11) is -1.17. The Hall–Kier alpha value is -0.0431. The molecular weight excluding hydrogens is 400 g/mol. The van der Waals surface area contributed by atoms with Crippen molar-refractivity contribution in [2.75, 3.05) is 0 Å². The van der Waals surface area contributed by atoms with Crippen LogP contribution in [-0.2, 0) is 0 Å². The lowest BCUT2D eigenvalue weighted by molar-refractivity contribution is 0.580. The number of unbranched alkanes of at least 4 members (excludes halogenated alkanes) is 20. The van der Waals surface area contributed by atoms with E-state index in [2.05, 4.69) is 39.1 Å². The normalized spacial score (nSPS) is 12.2. The second-order valence-corrected chi connectivity index (χ2v) is 15.7. The first-order valence-corrected chi connectivity index (χ1v) is 18.4. The van der Waals surface area contributed by atoms with E-state index in [0.29, 0.717) is 0 Å². The zero-order valence-electron chi connectivity index (χ0n) is 23.3. The molecule has 0 aromatic rings. The third-order valence-corrected chi connectivity index (χ3v) is 11.5. The van der Waals surface area contributed by atoms with Crippen LogP contribution >= 0.6 is 0 Å². The predicted octanol–water partition coefficient (Wildman–Crippen LogP) is 12.2. The maximum absolute atomic E-state index is 2.78. The van der Waals surface area contributed by atoms with Crippen molar-refractivity contribution in [2.24, 2.45) is 0 Å². The number of hydrogen-bond acceptors (Lipinski definition) is 0. The molecule has 0 saturated heterocycles. The third kappa shape index (κ3) is 23.1. The number of hydrogen-bond donors (Lipinski definition) is 0. The molecule has 1 heteroatoms. The molecule has 0 saturated carbocycles. The van der Waals surface area contributed by atoms with Crippen LogP contribution in [0.4, 0.5) is 0 Å². The molecular formula is C31H64Si. The summed E-state index contributed by atoms with van der Waals surface area (Å²) in [6.07, 6.45) is 35.8. The van der Waals surface area contributed by atoms with Gasteiger partial charge < -0.3 is 0 Å². The van der Waals surface area contributed by atoms with Crippen molar-refractivity contribution in [2.45, 2.75) is 187 Å². The molecule has 0 aromatic heterocycles. The second kappa shape index (κ2) is 25.6. The molecule has 192 valence electrons. The molecule has 0 fully saturated rings. The molecule has 0 heterocycles. The molecule has 0 aliphatic carbocycles. The van der Waals surface area contributed by atoms with Gasteiger partial charge in [0.2, 0.25) is 0 Å². The van der Waals surface area contributed by atoms with Gasteiger partial charge in [0, 0.05) is 0 Å². The van der Waals surface area contributed by atoms with E-state index in [0.717, 1.165) is 0 Å². The maximum Gasteiger partial charge on any atom is 0.0743 e. The zero-order valence-corrected chi connectivity index (χ0v) is 24.3. The molecule has 32 heavy (non-hydrogen) atoms. The first-order valence-electron chi connectivity index (χ1n) is 15.4. The standard InChI is InChI=1S/C31H64Si/c1-5-8-11-14-17-20-23-26-29-32(4,30-27-24-21-18-15-12-9-6-2)31-28-25-22-19-16-13-10-7-3/h26,29H,5-25,27-28,30-31H2,1-4H3/b29-26+. The SMILES string of the molecule is CCCCCCCC/C=C/[Si](C)(CCCCCCCCCC)CCCCCCCCCC. The summed E-state index contributed by atoms with van der Waals surface area (Å²) in [4.78, 5) is 0. The lowest BCUT2D eigenvalue weighted by Gasteiger charge is -2.24. The van der Waals surface area contributed by atoms with Crippen molar-refractivity contribution in [3.63, 3.8) is 0 Å². The van der Waals surface area contributed by atoms with Gasteiger partial charge in [-0.3, -0.25) is 0 Å². The van der Waals surface area contributed by atoms with Crippen molar-refractivity contribution in [3.8, 4) is 0 Å². The average Bonchev–Trinajstić information content (AvgIpc) is 2.79. The van der Waals surface area contributed by atoms with Gasteiger partial charge in [0.05, 0.1) is 8.07 Å². The Morgan fingerprint density at radius 2 is 0.719 bits per heavy atom. The summed E-state index contributed by atoms with van der Waals surface area (Å²) in [6, 6.07) is 3.09. The van der Waals surface area contributed by atoms with Crippen LogP contribution < -0.4 is 0 Å². The van der Waals surface area contributed by atoms with Crippen LogP contribution in [0.25, 0.3) is 0 Å². The Morgan fingerprint density at radius 3 is 1.09 bits per heavy atom. The van der Waals surface area contributed by atoms with Crippen molar-refractivity contribution in [3.05, 3.63) is 11.8 Å². The van der Waals surface area contributed by atoms with E-state index in [1.165, 1.54) is 148 Å². The third-order valence-electron chi connectivity index (χ3n) is 7.45. The fourth-order valence-electron chi connectivity index (χ4n) is 5.03.